The van der Waals surface area contributed by atoms with Gasteiger partial charge in [0.05, 0.1) is 11.9 Å². The highest BCUT2D eigenvalue weighted by atomic mass is 19.4. The van der Waals surface area contributed by atoms with Gasteiger partial charge in [0.1, 0.15) is 0 Å². The van der Waals surface area contributed by atoms with Gasteiger partial charge in [-0.15, -0.1) is 0 Å². The van der Waals surface area contributed by atoms with E-state index >= 15 is 0 Å². The second-order valence-corrected chi connectivity index (χ2v) is 5.68. The fraction of sp³-hybridized carbons (Fsp3) is 0.400. The lowest BCUT2D eigenvalue weighted by molar-refractivity contribution is -0.137. The molecule has 1 N–H and O–H groups in total. The van der Waals surface area contributed by atoms with Crippen molar-refractivity contribution in [2.24, 2.45) is 0 Å². The lowest BCUT2D eigenvalue weighted by Crippen LogP contribution is -2.27. The zero-order valence-corrected chi connectivity index (χ0v) is 11.6. The molecule has 1 aliphatic rings. The normalized spacial score (nSPS) is 22.7. The first-order valence-corrected chi connectivity index (χ1v) is 6.81. The standard InChI is InChI=1S/C15H16F3N3/c1-14(6-7-19-9-14)13-8-20-10-21(13)12-4-2-11(3-5-12)15(16,17)18/h2-5,8,10,19H,6-7,9H2,1H3. The predicted molar refractivity (Wildman–Crippen MR) is 73.4 cm³/mol. The molecule has 0 aliphatic carbocycles. The molecule has 6 heteroatoms. The molecule has 0 spiro atoms. The highest BCUT2D eigenvalue weighted by Gasteiger charge is 2.34. The van der Waals surface area contributed by atoms with Crippen LogP contribution in [0.5, 0.6) is 0 Å². The summed E-state index contributed by atoms with van der Waals surface area (Å²) in [6, 6.07) is 5.18. The van der Waals surface area contributed by atoms with Crippen LogP contribution in [-0.4, -0.2) is 22.6 Å². The third kappa shape index (κ3) is 2.55. The maximum Gasteiger partial charge on any atom is 0.416 e. The van der Waals surface area contributed by atoms with E-state index in [2.05, 4.69) is 17.2 Å². The van der Waals surface area contributed by atoms with E-state index < -0.39 is 11.7 Å². The van der Waals surface area contributed by atoms with Crippen LogP contribution in [0.1, 0.15) is 24.6 Å². The van der Waals surface area contributed by atoms with Crippen molar-refractivity contribution in [3.05, 3.63) is 48.0 Å². The van der Waals surface area contributed by atoms with Gasteiger partial charge in [0.15, 0.2) is 0 Å². The van der Waals surface area contributed by atoms with E-state index in [1.165, 1.54) is 12.1 Å². The van der Waals surface area contributed by atoms with Gasteiger partial charge in [0.25, 0.3) is 0 Å². The minimum Gasteiger partial charge on any atom is -0.316 e. The average molecular weight is 295 g/mol. The van der Waals surface area contributed by atoms with Gasteiger partial charge in [-0.1, -0.05) is 6.92 Å². The molecule has 2 heterocycles. The molecule has 1 unspecified atom stereocenters. The molecule has 0 radical (unpaired) electrons. The van der Waals surface area contributed by atoms with Crippen LogP contribution in [0.25, 0.3) is 5.69 Å². The predicted octanol–water partition coefficient (Wildman–Crippen LogP) is 3.14. The van der Waals surface area contributed by atoms with Gasteiger partial charge < -0.3 is 9.88 Å². The lowest BCUT2D eigenvalue weighted by atomic mass is 9.86. The van der Waals surface area contributed by atoms with Gasteiger partial charge in [-0.2, -0.15) is 13.2 Å². The second-order valence-electron chi connectivity index (χ2n) is 5.68. The Bertz CT molecular complexity index is 622. The van der Waals surface area contributed by atoms with Gasteiger partial charge in [-0.25, -0.2) is 4.98 Å². The Morgan fingerprint density at radius 2 is 1.95 bits per heavy atom. The maximum atomic E-state index is 12.6. The van der Waals surface area contributed by atoms with Crippen molar-refractivity contribution in [3.63, 3.8) is 0 Å². The van der Waals surface area contributed by atoms with Crippen LogP contribution in [0.15, 0.2) is 36.8 Å². The average Bonchev–Trinajstić information content (AvgIpc) is 3.07. The summed E-state index contributed by atoms with van der Waals surface area (Å²) < 4.78 is 39.7. The summed E-state index contributed by atoms with van der Waals surface area (Å²) in [6.45, 7) is 3.93. The molecule has 0 amide bonds. The molecule has 0 bridgehead atoms. The summed E-state index contributed by atoms with van der Waals surface area (Å²) in [6.07, 6.45) is 0.128. The number of hydrogen-bond donors (Lipinski definition) is 1. The molecule has 0 saturated carbocycles. The Morgan fingerprint density at radius 3 is 2.52 bits per heavy atom. The largest absolute Gasteiger partial charge is 0.416 e. The van der Waals surface area contributed by atoms with Gasteiger partial charge in [0, 0.05) is 29.5 Å². The van der Waals surface area contributed by atoms with E-state index in [1.54, 1.807) is 12.5 Å². The van der Waals surface area contributed by atoms with Gasteiger partial charge in [-0.05, 0) is 37.2 Å². The van der Waals surface area contributed by atoms with Gasteiger partial charge >= 0.3 is 6.18 Å². The molecule has 21 heavy (non-hydrogen) atoms. The van der Waals surface area contributed by atoms with E-state index in [0.29, 0.717) is 5.69 Å². The Morgan fingerprint density at radius 1 is 1.24 bits per heavy atom. The molecule has 1 aromatic carbocycles. The minimum atomic E-state index is -4.31. The van der Waals surface area contributed by atoms with E-state index in [4.69, 9.17) is 0 Å². The molecule has 1 saturated heterocycles. The highest BCUT2D eigenvalue weighted by Crippen LogP contribution is 2.33. The second kappa shape index (κ2) is 4.87. The van der Waals surface area contributed by atoms with E-state index in [-0.39, 0.29) is 5.41 Å². The minimum absolute atomic E-state index is 0.0425. The van der Waals surface area contributed by atoms with E-state index in [1.807, 2.05) is 4.57 Å². The van der Waals surface area contributed by atoms with Crippen LogP contribution in [-0.2, 0) is 11.6 Å². The molecule has 112 valence electrons. The van der Waals surface area contributed by atoms with Crippen molar-refractivity contribution in [1.29, 1.82) is 0 Å². The Balaban J connectivity index is 1.97. The summed E-state index contributed by atoms with van der Waals surface area (Å²) in [5.41, 5.74) is 1.04. The van der Waals surface area contributed by atoms with Crippen molar-refractivity contribution in [2.75, 3.05) is 13.1 Å². The van der Waals surface area contributed by atoms with E-state index in [0.717, 1.165) is 37.3 Å². The fourth-order valence-corrected chi connectivity index (χ4v) is 2.79. The number of imidazole rings is 1. The number of nitrogens with one attached hydrogen (secondary N) is 1. The molecular formula is C15H16F3N3. The third-order valence-corrected chi connectivity index (χ3v) is 4.10. The first-order chi connectivity index (χ1) is 9.90. The molecule has 1 fully saturated rings. The lowest BCUT2D eigenvalue weighted by Gasteiger charge is -2.24. The molecule has 1 atom stereocenters. The van der Waals surface area contributed by atoms with Crippen molar-refractivity contribution < 1.29 is 13.2 Å². The fourth-order valence-electron chi connectivity index (χ4n) is 2.79. The third-order valence-electron chi connectivity index (χ3n) is 4.10. The molecule has 1 aromatic heterocycles. The molecular weight excluding hydrogens is 279 g/mol. The Labute approximate surface area is 120 Å². The van der Waals surface area contributed by atoms with Crippen molar-refractivity contribution in [2.45, 2.75) is 24.9 Å². The van der Waals surface area contributed by atoms with Crippen LogP contribution < -0.4 is 5.32 Å². The number of nitrogens with zero attached hydrogens (tertiary/aromatic N) is 2. The van der Waals surface area contributed by atoms with Gasteiger partial charge in [0.2, 0.25) is 0 Å². The Kier molecular flexibility index (Phi) is 3.28. The number of rotatable bonds is 2. The number of alkyl halides is 3. The zero-order chi connectivity index (χ0) is 15.1. The summed E-state index contributed by atoms with van der Waals surface area (Å²) in [7, 11) is 0. The Hall–Kier alpha value is -1.82. The summed E-state index contributed by atoms with van der Waals surface area (Å²) in [5.74, 6) is 0. The van der Waals surface area contributed by atoms with Crippen molar-refractivity contribution in [3.8, 4) is 5.69 Å². The van der Waals surface area contributed by atoms with Gasteiger partial charge in [-0.3, -0.25) is 0 Å². The van der Waals surface area contributed by atoms with Crippen LogP contribution in [0.3, 0.4) is 0 Å². The molecule has 3 nitrogen and oxygen atoms in total. The number of aromatic nitrogens is 2. The monoisotopic (exact) mass is 295 g/mol. The maximum absolute atomic E-state index is 12.6. The highest BCUT2D eigenvalue weighted by molar-refractivity contribution is 5.39. The molecule has 2 aromatic rings. The summed E-state index contributed by atoms with van der Waals surface area (Å²) >= 11 is 0. The van der Waals surface area contributed by atoms with Crippen LogP contribution in [0.2, 0.25) is 0 Å². The number of benzene rings is 1. The smallest absolute Gasteiger partial charge is 0.316 e. The first kappa shape index (κ1) is 14.1. The quantitative estimate of drug-likeness (QED) is 0.922. The van der Waals surface area contributed by atoms with Crippen LogP contribution >= 0.6 is 0 Å². The number of halogens is 3. The summed E-state index contributed by atoms with van der Waals surface area (Å²) in [5, 5.41) is 3.32. The van der Waals surface area contributed by atoms with Crippen LogP contribution in [0, 0.1) is 0 Å². The summed E-state index contributed by atoms with van der Waals surface area (Å²) in [4.78, 5) is 4.17. The van der Waals surface area contributed by atoms with E-state index in [9.17, 15) is 13.2 Å². The number of hydrogen-bond acceptors (Lipinski definition) is 2. The van der Waals surface area contributed by atoms with Crippen molar-refractivity contribution in [1.82, 2.24) is 14.9 Å². The first-order valence-electron chi connectivity index (χ1n) is 6.81. The molecule has 3 rings (SSSR count). The van der Waals surface area contributed by atoms with Crippen molar-refractivity contribution >= 4 is 0 Å². The SMILES string of the molecule is CC1(c2cncn2-c2ccc(C(F)(F)F)cc2)CCNC1. The molecule has 1 aliphatic heterocycles. The zero-order valence-electron chi connectivity index (χ0n) is 11.6. The van der Waals surface area contributed by atoms with Crippen LogP contribution in [0.4, 0.5) is 13.2 Å². The topological polar surface area (TPSA) is 29.9 Å².